The molecule has 0 saturated heterocycles. The van der Waals surface area contributed by atoms with Gasteiger partial charge in [-0.1, -0.05) is 18.2 Å². The molecule has 19 heavy (non-hydrogen) atoms. The molecule has 1 aromatic carbocycles. The van der Waals surface area contributed by atoms with Crippen LogP contribution in [0.2, 0.25) is 0 Å². The first-order valence-corrected chi connectivity index (χ1v) is 6.83. The van der Waals surface area contributed by atoms with Crippen molar-refractivity contribution in [3.05, 3.63) is 64.1 Å². The molecule has 3 rings (SSSR count). The predicted octanol–water partition coefficient (Wildman–Crippen LogP) is 2.72. The van der Waals surface area contributed by atoms with Gasteiger partial charge in [0.15, 0.2) is 0 Å². The summed E-state index contributed by atoms with van der Waals surface area (Å²) in [5, 5.41) is 20.7. The Balaban J connectivity index is 1.89. The number of hydrogen-bond acceptors (Lipinski definition) is 4. The second-order valence-corrected chi connectivity index (χ2v) is 5.40. The minimum atomic E-state index is -0.720. The van der Waals surface area contributed by atoms with E-state index >= 15 is 0 Å². The van der Waals surface area contributed by atoms with Crippen LogP contribution in [0.1, 0.15) is 22.2 Å². The van der Waals surface area contributed by atoms with Gasteiger partial charge < -0.3 is 5.11 Å². The van der Waals surface area contributed by atoms with E-state index in [1.54, 1.807) is 17.5 Å². The molecule has 0 amide bonds. The van der Waals surface area contributed by atoms with Crippen molar-refractivity contribution < 1.29 is 5.11 Å². The van der Waals surface area contributed by atoms with Gasteiger partial charge >= 0.3 is 0 Å². The number of hydrogen-bond donors (Lipinski definition) is 1. The lowest BCUT2D eigenvalue weighted by atomic mass is 10.1. The zero-order valence-electron chi connectivity index (χ0n) is 10.4. The van der Waals surface area contributed by atoms with E-state index in [1.807, 2.05) is 48.7 Å². The van der Waals surface area contributed by atoms with Gasteiger partial charge in [-0.25, -0.2) is 0 Å². The summed E-state index contributed by atoms with van der Waals surface area (Å²) < 4.78 is 0. The van der Waals surface area contributed by atoms with E-state index in [1.165, 1.54) is 9.67 Å². The summed E-state index contributed by atoms with van der Waals surface area (Å²) >= 11 is 1.62. The number of benzene rings is 1. The molecule has 2 heterocycles. The van der Waals surface area contributed by atoms with Crippen molar-refractivity contribution in [3.8, 4) is 5.69 Å². The SMILES string of the molecule is Cc1cc(C(O)c2cnn(-c3ccccc3)n2)cs1. The zero-order valence-corrected chi connectivity index (χ0v) is 11.2. The van der Waals surface area contributed by atoms with Crippen LogP contribution in [0.5, 0.6) is 0 Å². The van der Waals surface area contributed by atoms with Crippen molar-refractivity contribution in [2.24, 2.45) is 0 Å². The van der Waals surface area contributed by atoms with Gasteiger partial charge in [0.05, 0.1) is 11.9 Å². The molecule has 1 N–H and O–H groups in total. The van der Waals surface area contributed by atoms with Crippen molar-refractivity contribution in [1.82, 2.24) is 15.0 Å². The van der Waals surface area contributed by atoms with E-state index in [4.69, 9.17) is 0 Å². The molecule has 0 aliphatic carbocycles. The maximum absolute atomic E-state index is 10.3. The molecule has 0 saturated carbocycles. The zero-order chi connectivity index (χ0) is 13.2. The number of rotatable bonds is 3. The maximum Gasteiger partial charge on any atom is 0.125 e. The number of thiophene rings is 1. The second kappa shape index (κ2) is 4.95. The van der Waals surface area contributed by atoms with Crippen LogP contribution in [-0.2, 0) is 0 Å². The van der Waals surface area contributed by atoms with Crippen molar-refractivity contribution in [1.29, 1.82) is 0 Å². The molecule has 4 nitrogen and oxygen atoms in total. The molecule has 0 radical (unpaired) electrons. The highest BCUT2D eigenvalue weighted by Crippen LogP contribution is 2.24. The first-order chi connectivity index (χ1) is 9.24. The number of aromatic nitrogens is 3. The van der Waals surface area contributed by atoms with E-state index in [0.29, 0.717) is 5.69 Å². The van der Waals surface area contributed by atoms with Crippen molar-refractivity contribution in [2.75, 3.05) is 0 Å². The number of aliphatic hydroxyl groups is 1. The highest BCUT2D eigenvalue weighted by atomic mass is 32.1. The van der Waals surface area contributed by atoms with Crippen molar-refractivity contribution in [3.63, 3.8) is 0 Å². The van der Waals surface area contributed by atoms with Crippen LogP contribution in [0.25, 0.3) is 5.69 Å². The third-order valence-corrected chi connectivity index (χ3v) is 3.72. The van der Waals surface area contributed by atoms with Crippen LogP contribution < -0.4 is 0 Å². The maximum atomic E-state index is 10.3. The van der Waals surface area contributed by atoms with Crippen molar-refractivity contribution >= 4 is 11.3 Å². The Hall–Kier alpha value is -1.98. The van der Waals surface area contributed by atoms with Crippen LogP contribution in [0, 0.1) is 6.92 Å². The molecule has 96 valence electrons. The van der Waals surface area contributed by atoms with Crippen LogP contribution >= 0.6 is 11.3 Å². The van der Waals surface area contributed by atoms with E-state index in [9.17, 15) is 5.11 Å². The van der Waals surface area contributed by atoms with Gasteiger partial charge in [-0.05, 0) is 36.1 Å². The van der Waals surface area contributed by atoms with Gasteiger partial charge in [0.25, 0.3) is 0 Å². The highest BCUT2D eigenvalue weighted by molar-refractivity contribution is 7.10. The van der Waals surface area contributed by atoms with Gasteiger partial charge in [0.2, 0.25) is 0 Å². The third-order valence-electron chi connectivity index (χ3n) is 2.84. The van der Waals surface area contributed by atoms with E-state index in [-0.39, 0.29) is 0 Å². The molecule has 0 bridgehead atoms. The van der Waals surface area contributed by atoms with Crippen LogP contribution in [0.3, 0.4) is 0 Å². The Morgan fingerprint density at radius 3 is 2.74 bits per heavy atom. The molecule has 2 aromatic heterocycles. The van der Waals surface area contributed by atoms with Gasteiger partial charge in [0.1, 0.15) is 11.8 Å². The van der Waals surface area contributed by atoms with Crippen LogP contribution in [-0.4, -0.2) is 20.1 Å². The molecule has 0 fully saturated rings. The monoisotopic (exact) mass is 271 g/mol. The first kappa shape index (κ1) is 12.1. The Bertz CT molecular complexity index is 675. The van der Waals surface area contributed by atoms with E-state index < -0.39 is 6.10 Å². The summed E-state index contributed by atoms with van der Waals surface area (Å²) in [7, 11) is 0. The third kappa shape index (κ3) is 2.43. The number of aryl methyl sites for hydroxylation is 1. The van der Waals surface area contributed by atoms with E-state index in [2.05, 4.69) is 10.2 Å². The standard InChI is InChI=1S/C14H13N3OS/c1-10-7-11(9-19-10)14(18)13-8-15-17(16-13)12-5-3-2-4-6-12/h2-9,14,18H,1H3. The summed E-state index contributed by atoms with van der Waals surface area (Å²) in [6.07, 6.45) is 0.882. The Morgan fingerprint density at radius 2 is 2.05 bits per heavy atom. The second-order valence-electron chi connectivity index (χ2n) is 4.29. The van der Waals surface area contributed by atoms with Crippen LogP contribution in [0.15, 0.2) is 48.0 Å². The average Bonchev–Trinajstić information content (AvgIpc) is 3.08. The summed E-state index contributed by atoms with van der Waals surface area (Å²) in [5.41, 5.74) is 2.30. The van der Waals surface area contributed by atoms with Crippen molar-refractivity contribution in [2.45, 2.75) is 13.0 Å². The number of aliphatic hydroxyl groups excluding tert-OH is 1. The quantitative estimate of drug-likeness (QED) is 0.797. The molecular weight excluding hydrogens is 258 g/mol. The molecule has 1 atom stereocenters. The van der Waals surface area contributed by atoms with Crippen LogP contribution in [0.4, 0.5) is 0 Å². The summed E-state index contributed by atoms with van der Waals surface area (Å²) in [4.78, 5) is 2.70. The summed E-state index contributed by atoms with van der Waals surface area (Å²) in [5.74, 6) is 0. The summed E-state index contributed by atoms with van der Waals surface area (Å²) in [6.45, 7) is 2.02. The molecule has 0 spiro atoms. The molecular formula is C14H13N3OS. The minimum Gasteiger partial charge on any atom is -0.382 e. The average molecular weight is 271 g/mol. The predicted molar refractivity (Wildman–Crippen MR) is 74.5 cm³/mol. The largest absolute Gasteiger partial charge is 0.382 e. The van der Waals surface area contributed by atoms with Gasteiger partial charge in [0, 0.05) is 4.88 Å². The lowest BCUT2D eigenvalue weighted by molar-refractivity contribution is 0.215. The Kier molecular flexibility index (Phi) is 3.15. The fourth-order valence-corrected chi connectivity index (χ4v) is 2.59. The topological polar surface area (TPSA) is 50.9 Å². The molecule has 0 aliphatic rings. The fourth-order valence-electron chi connectivity index (χ4n) is 1.86. The molecule has 5 heteroatoms. The molecule has 3 aromatic rings. The van der Waals surface area contributed by atoms with Gasteiger partial charge in [-0.2, -0.15) is 15.0 Å². The molecule has 1 unspecified atom stereocenters. The van der Waals surface area contributed by atoms with Gasteiger partial charge in [-0.3, -0.25) is 0 Å². The van der Waals surface area contributed by atoms with Gasteiger partial charge in [-0.15, -0.1) is 11.3 Å². The fraction of sp³-hybridized carbons (Fsp3) is 0.143. The van der Waals surface area contributed by atoms with E-state index in [0.717, 1.165) is 11.3 Å². The Labute approximate surface area is 115 Å². The molecule has 0 aliphatic heterocycles. The first-order valence-electron chi connectivity index (χ1n) is 5.95. The summed E-state index contributed by atoms with van der Waals surface area (Å²) in [6, 6.07) is 11.6. The lowest BCUT2D eigenvalue weighted by Crippen LogP contribution is -2.02. The lowest BCUT2D eigenvalue weighted by Gasteiger charge is -2.04. The highest BCUT2D eigenvalue weighted by Gasteiger charge is 2.15. The Morgan fingerprint density at radius 1 is 1.26 bits per heavy atom. The smallest absolute Gasteiger partial charge is 0.125 e. The minimum absolute atomic E-state index is 0.557. The normalized spacial score (nSPS) is 12.5. The number of para-hydroxylation sites is 1. The number of nitrogens with zero attached hydrogens (tertiary/aromatic N) is 3.